The number of hydrogen-bond acceptors (Lipinski definition) is 4. The van der Waals surface area contributed by atoms with Gasteiger partial charge in [0.15, 0.2) is 0 Å². The van der Waals surface area contributed by atoms with Crippen molar-refractivity contribution in [1.82, 2.24) is 10.5 Å². The second kappa shape index (κ2) is 7.28. The fourth-order valence-electron chi connectivity index (χ4n) is 1.84. The van der Waals surface area contributed by atoms with E-state index >= 15 is 0 Å². The van der Waals surface area contributed by atoms with Gasteiger partial charge in [-0.3, -0.25) is 4.79 Å². The summed E-state index contributed by atoms with van der Waals surface area (Å²) in [4.78, 5) is 12.0. The number of aromatic nitrogens is 1. The van der Waals surface area contributed by atoms with E-state index in [1.54, 1.807) is 6.07 Å². The van der Waals surface area contributed by atoms with E-state index in [4.69, 9.17) is 4.52 Å². The second-order valence-electron chi connectivity index (χ2n) is 5.41. The Labute approximate surface area is 114 Å². The van der Waals surface area contributed by atoms with E-state index in [0.29, 0.717) is 5.92 Å². The molecule has 1 amide bonds. The van der Waals surface area contributed by atoms with Gasteiger partial charge in [0.25, 0.3) is 5.91 Å². The van der Waals surface area contributed by atoms with Crippen LogP contribution in [-0.4, -0.2) is 28.8 Å². The minimum atomic E-state index is -0.318. The molecule has 0 bridgehead atoms. The number of carbonyl (C=O) groups excluding carboxylic acids is 1. The van der Waals surface area contributed by atoms with Gasteiger partial charge in [-0.2, -0.15) is 0 Å². The van der Waals surface area contributed by atoms with E-state index in [1.165, 1.54) is 0 Å². The van der Waals surface area contributed by atoms with Crippen molar-refractivity contribution in [3.05, 3.63) is 17.5 Å². The van der Waals surface area contributed by atoms with Crippen LogP contribution in [0.1, 0.15) is 62.7 Å². The Morgan fingerprint density at radius 2 is 2.16 bits per heavy atom. The standard InChI is InChI=1S/C14H24N2O3/c1-5-10(4)12-7-13(19-16-12)14(18)15-11(8-17)6-9(2)3/h7,9-11,17H,5-6,8H2,1-4H3,(H,15,18). The molecule has 19 heavy (non-hydrogen) atoms. The maximum Gasteiger partial charge on any atom is 0.290 e. The summed E-state index contributed by atoms with van der Waals surface area (Å²) < 4.78 is 5.06. The lowest BCUT2D eigenvalue weighted by Gasteiger charge is -2.17. The van der Waals surface area contributed by atoms with E-state index < -0.39 is 0 Å². The van der Waals surface area contributed by atoms with Gasteiger partial charge in [-0.05, 0) is 18.8 Å². The molecule has 2 N–H and O–H groups in total. The summed E-state index contributed by atoms with van der Waals surface area (Å²) in [6.45, 7) is 8.11. The van der Waals surface area contributed by atoms with E-state index in [0.717, 1.165) is 18.5 Å². The third kappa shape index (κ3) is 4.67. The molecule has 5 heteroatoms. The predicted octanol–water partition coefficient (Wildman–Crippen LogP) is 2.32. The van der Waals surface area contributed by atoms with Crippen molar-refractivity contribution >= 4 is 5.91 Å². The Bertz CT molecular complexity index is 401. The lowest BCUT2D eigenvalue weighted by molar-refractivity contribution is 0.0871. The van der Waals surface area contributed by atoms with Gasteiger partial charge in [0.05, 0.1) is 18.3 Å². The molecule has 108 valence electrons. The number of amides is 1. The lowest BCUT2D eigenvalue weighted by Crippen LogP contribution is -2.38. The molecule has 0 fully saturated rings. The zero-order valence-electron chi connectivity index (χ0n) is 12.1. The van der Waals surface area contributed by atoms with Gasteiger partial charge in [-0.25, -0.2) is 0 Å². The molecule has 0 aliphatic carbocycles. The monoisotopic (exact) mass is 268 g/mol. The maximum absolute atomic E-state index is 12.0. The molecule has 2 unspecified atom stereocenters. The van der Waals surface area contributed by atoms with Crippen molar-refractivity contribution in [3.8, 4) is 0 Å². The minimum absolute atomic E-state index is 0.0731. The first kappa shape index (κ1) is 15.7. The highest BCUT2D eigenvalue weighted by molar-refractivity contribution is 5.91. The number of aliphatic hydroxyl groups excluding tert-OH is 1. The molecule has 1 heterocycles. The zero-order valence-corrected chi connectivity index (χ0v) is 12.1. The number of hydrogen-bond donors (Lipinski definition) is 2. The molecule has 2 atom stereocenters. The number of nitrogens with one attached hydrogen (secondary N) is 1. The summed E-state index contributed by atoms with van der Waals surface area (Å²) in [6.07, 6.45) is 1.68. The van der Waals surface area contributed by atoms with Crippen molar-refractivity contribution in [2.75, 3.05) is 6.61 Å². The highest BCUT2D eigenvalue weighted by atomic mass is 16.5. The molecule has 1 rings (SSSR count). The highest BCUT2D eigenvalue weighted by Gasteiger charge is 2.19. The highest BCUT2D eigenvalue weighted by Crippen LogP contribution is 2.18. The molecular formula is C14H24N2O3. The average Bonchev–Trinajstić information content (AvgIpc) is 2.86. The largest absolute Gasteiger partial charge is 0.394 e. The Hall–Kier alpha value is -1.36. The fourth-order valence-corrected chi connectivity index (χ4v) is 1.84. The normalized spacial score (nSPS) is 14.4. The van der Waals surface area contributed by atoms with E-state index in [1.807, 2.05) is 20.8 Å². The van der Waals surface area contributed by atoms with Crippen LogP contribution in [0.2, 0.25) is 0 Å². The molecule has 0 spiro atoms. The van der Waals surface area contributed by atoms with Crippen LogP contribution >= 0.6 is 0 Å². The van der Waals surface area contributed by atoms with Crippen LogP contribution in [0.4, 0.5) is 0 Å². The fraction of sp³-hybridized carbons (Fsp3) is 0.714. The van der Waals surface area contributed by atoms with Crippen LogP contribution in [0.5, 0.6) is 0 Å². The van der Waals surface area contributed by atoms with Gasteiger partial charge >= 0.3 is 0 Å². The van der Waals surface area contributed by atoms with Crippen LogP contribution in [0.3, 0.4) is 0 Å². The third-order valence-corrected chi connectivity index (χ3v) is 3.18. The lowest BCUT2D eigenvalue weighted by atomic mass is 10.0. The minimum Gasteiger partial charge on any atom is -0.394 e. The maximum atomic E-state index is 12.0. The van der Waals surface area contributed by atoms with Crippen LogP contribution in [0, 0.1) is 5.92 Å². The molecule has 1 aromatic rings. The summed E-state index contributed by atoms with van der Waals surface area (Å²) in [6, 6.07) is 1.43. The van der Waals surface area contributed by atoms with E-state index in [2.05, 4.69) is 17.4 Å². The Balaban J connectivity index is 2.64. The number of rotatable bonds is 7. The summed E-state index contributed by atoms with van der Waals surface area (Å²) in [5, 5.41) is 15.9. The smallest absolute Gasteiger partial charge is 0.290 e. The first-order chi connectivity index (χ1) is 8.97. The topological polar surface area (TPSA) is 75.4 Å². The third-order valence-electron chi connectivity index (χ3n) is 3.18. The molecule has 0 aliphatic heterocycles. The quantitative estimate of drug-likeness (QED) is 0.795. The van der Waals surface area contributed by atoms with Crippen molar-refractivity contribution < 1.29 is 14.4 Å². The van der Waals surface area contributed by atoms with Crippen LogP contribution in [-0.2, 0) is 0 Å². The van der Waals surface area contributed by atoms with Crippen molar-refractivity contribution in [2.45, 2.75) is 52.5 Å². The van der Waals surface area contributed by atoms with Gasteiger partial charge < -0.3 is 14.9 Å². The van der Waals surface area contributed by atoms with Crippen molar-refractivity contribution in [3.63, 3.8) is 0 Å². The van der Waals surface area contributed by atoms with Crippen molar-refractivity contribution in [2.24, 2.45) is 5.92 Å². The zero-order chi connectivity index (χ0) is 14.4. The Morgan fingerprint density at radius 3 is 2.68 bits per heavy atom. The predicted molar refractivity (Wildman–Crippen MR) is 73.0 cm³/mol. The molecule has 0 aromatic carbocycles. The second-order valence-corrected chi connectivity index (χ2v) is 5.41. The molecule has 0 saturated heterocycles. The van der Waals surface area contributed by atoms with Gasteiger partial charge in [-0.1, -0.05) is 32.9 Å². The first-order valence-corrected chi connectivity index (χ1v) is 6.86. The SMILES string of the molecule is CCC(C)c1cc(C(=O)NC(CO)CC(C)C)on1. The summed E-state index contributed by atoms with van der Waals surface area (Å²) >= 11 is 0. The van der Waals surface area contributed by atoms with E-state index in [9.17, 15) is 9.90 Å². The molecule has 0 saturated carbocycles. The summed E-state index contributed by atoms with van der Waals surface area (Å²) in [5.74, 6) is 0.566. The van der Waals surface area contributed by atoms with Gasteiger partial charge in [-0.15, -0.1) is 0 Å². The first-order valence-electron chi connectivity index (χ1n) is 6.86. The summed E-state index contributed by atoms with van der Waals surface area (Å²) in [7, 11) is 0. The Morgan fingerprint density at radius 1 is 1.47 bits per heavy atom. The summed E-state index contributed by atoms with van der Waals surface area (Å²) in [5.41, 5.74) is 0.789. The number of aliphatic hydroxyl groups is 1. The number of nitrogens with zero attached hydrogens (tertiary/aromatic N) is 1. The Kier molecular flexibility index (Phi) is 6.02. The number of carbonyl (C=O) groups is 1. The van der Waals surface area contributed by atoms with Crippen LogP contribution in [0.25, 0.3) is 0 Å². The van der Waals surface area contributed by atoms with Crippen LogP contribution < -0.4 is 5.32 Å². The molecule has 0 radical (unpaired) electrons. The van der Waals surface area contributed by atoms with Gasteiger partial charge in [0, 0.05) is 12.0 Å². The molecular weight excluding hydrogens is 244 g/mol. The van der Waals surface area contributed by atoms with E-state index in [-0.39, 0.29) is 30.2 Å². The average molecular weight is 268 g/mol. The van der Waals surface area contributed by atoms with Gasteiger partial charge in [0.1, 0.15) is 0 Å². The van der Waals surface area contributed by atoms with Crippen molar-refractivity contribution in [1.29, 1.82) is 0 Å². The molecule has 1 aromatic heterocycles. The van der Waals surface area contributed by atoms with Gasteiger partial charge in [0.2, 0.25) is 5.76 Å². The molecule has 5 nitrogen and oxygen atoms in total. The van der Waals surface area contributed by atoms with Crippen LogP contribution in [0.15, 0.2) is 10.6 Å². The molecule has 0 aliphatic rings.